The minimum atomic E-state index is -1.13. The van der Waals surface area contributed by atoms with Crippen LogP contribution >= 0.6 is 0 Å². The molecule has 1 atom stereocenters. The van der Waals surface area contributed by atoms with E-state index in [-0.39, 0.29) is 0 Å². The highest BCUT2D eigenvalue weighted by Crippen LogP contribution is 2.16. The molecule has 1 aliphatic rings. The van der Waals surface area contributed by atoms with Crippen LogP contribution in [0.15, 0.2) is 59.4 Å². The average Bonchev–Trinajstić information content (AvgIpc) is 2.65. The van der Waals surface area contributed by atoms with Crippen molar-refractivity contribution in [2.45, 2.75) is 6.10 Å². The van der Waals surface area contributed by atoms with E-state index in [9.17, 15) is 9.90 Å². The first kappa shape index (κ1) is 11.9. The molecule has 0 saturated heterocycles. The zero-order chi connectivity index (χ0) is 12.8. The van der Waals surface area contributed by atoms with E-state index in [0.717, 1.165) is 0 Å². The molecule has 2 rings (SSSR count). The fourth-order valence-corrected chi connectivity index (χ4v) is 1.43. The number of allylic oxidation sites excluding steroid dienone is 2. The summed E-state index contributed by atoms with van der Waals surface area (Å²) in [7, 11) is 0. The minimum absolute atomic E-state index is 0.326. The summed E-state index contributed by atoms with van der Waals surface area (Å²) < 4.78 is 5.43. The zero-order valence-electron chi connectivity index (χ0n) is 9.48. The lowest BCUT2D eigenvalue weighted by Gasteiger charge is -2.14. The van der Waals surface area contributed by atoms with Crippen LogP contribution in [0.2, 0.25) is 0 Å². The highest BCUT2D eigenvalue weighted by molar-refractivity contribution is 5.78. The Morgan fingerprint density at radius 2 is 2.11 bits per heavy atom. The molecule has 0 spiro atoms. The molecule has 1 unspecified atom stereocenters. The van der Waals surface area contributed by atoms with E-state index >= 15 is 0 Å². The van der Waals surface area contributed by atoms with Crippen LogP contribution in [0.25, 0.3) is 0 Å². The fourth-order valence-electron chi connectivity index (χ4n) is 1.43. The first-order valence-electron chi connectivity index (χ1n) is 5.37. The van der Waals surface area contributed by atoms with Gasteiger partial charge >= 0.3 is 5.97 Å². The summed E-state index contributed by atoms with van der Waals surface area (Å²) in [6, 6.07) is 8.79. The molecule has 0 aromatic heterocycles. The van der Waals surface area contributed by atoms with Crippen molar-refractivity contribution in [1.29, 1.82) is 0 Å². The van der Waals surface area contributed by atoms with Gasteiger partial charge < -0.3 is 15.2 Å². The van der Waals surface area contributed by atoms with Gasteiger partial charge in [0.2, 0.25) is 6.10 Å². The van der Waals surface area contributed by atoms with Crippen LogP contribution in [0.4, 0.5) is 0 Å². The average molecular weight is 244 g/mol. The lowest BCUT2D eigenvalue weighted by molar-refractivity contribution is -0.143. The van der Waals surface area contributed by atoms with E-state index in [4.69, 9.17) is 4.74 Å². The Kier molecular flexibility index (Phi) is 3.76. The second-order valence-corrected chi connectivity index (χ2v) is 3.52. The van der Waals surface area contributed by atoms with Gasteiger partial charge in [-0.3, -0.25) is 0 Å². The SMILES string of the molecule is O=C(O)C(Oc1ccccc1)C1=CC=CNC=N1. The maximum absolute atomic E-state index is 11.2. The van der Waals surface area contributed by atoms with Crippen LogP contribution in [0, 0.1) is 0 Å². The number of hydrogen-bond acceptors (Lipinski definition) is 4. The number of nitrogens with one attached hydrogen (secondary N) is 1. The fraction of sp³-hybridized carbons (Fsp3) is 0.0769. The van der Waals surface area contributed by atoms with Crippen LogP contribution in [-0.4, -0.2) is 23.5 Å². The number of carboxylic acid groups (broad SMARTS) is 1. The Bertz CT molecular complexity index is 506. The van der Waals surface area contributed by atoms with Crippen molar-refractivity contribution >= 4 is 12.3 Å². The second kappa shape index (κ2) is 5.67. The third kappa shape index (κ3) is 2.98. The number of aliphatic imine (C=N–C) groups is 1. The van der Waals surface area contributed by atoms with Crippen LogP contribution < -0.4 is 10.1 Å². The van der Waals surface area contributed by atoms with Crippen molar-refractivity contribution < 1.29 is 14.6 Å². The summed E-state index contributed by atoms with van der Waals surface area (Å²) in [5.74, 6) is -0.597. The molecule has 0 aliphatic carbocycles. The van der Waals surface area contributed by atoms with Crippen LogP contribution in [0.3, 0.4) is 0 Å². The first-order chi connectivity index (χ1) is 8.77. The molecule has 2 N–H and O–H groups in total. The predicted octanol–water partition coefficient (Wildman–Crippen LogP) is 1.55. The minimum Gasteiger partial charge on any atom is -0.478 e. The number of carbonyl (C=O) groups is 1. The van der Waals surface area contributed by atoms with E-state index in [2.05, 4.69) is 10.3 Å². The van der Waals surface area contributed by atoms with Crippen molar-refractivity contribution in [3.05, 3.63) is 54.4 Å². The van der Waals surface area contributed by atoms with Gasteiger partial charge in [-0.25, -0.2) is 9.79 Å². The van der Waals surface area contributed by atoms with Gasteiger partial charge in [-0.2, -0.15) is 0 Å². The van der Waals surface area contributed by atoms with Crippen molar-refractivity contribution in [1.82, 2.24) is 5.32 Å². The van der Waals surface area contributed by atoms with Crippen LogP contribution in [0.5, 0.6) is 5.75 Å². The molecular weight excluding hydrogens is 232 g/mol. The number of nitrogens with zero attached hydrogens (tertiary/aromatic N) is 1. The first-order valence-corrected chi connectivity index (χ1v) is 5.37. The zero-order valence-corrected chi connectivity index (χ0v) is 9.48. The van der Waals surface area contributed by atoms with E-state index in [1.165, 1.54) is 6.34 Å². The Morgan fingerprint density at radius 1 is 1.33 bits per heavy atom. The summed E-state index contributed by atoms with van der Waals surface area (Å²) in [5.41, 5.74) is 0.326. The molecule has 1 aromatic rings. The monoisotopic (exact) mass is 244 g/mol. The normalized spacial score (nSPS) is 15.2. The standard InChI is InChI=1S/C13H12N2O3/c16-13(17)12(11-7-4-8-14-9-15-11)18-10-5-2-1-3-6-10/h1-9,12H,(H,14,15)(H,16,17). The number of carboxylic acids is 1. The van der Waals surface area contributed by atoms with E-state index < -0.39 is 12.1 Å². The van der Waals surface area contributed by atoms with E-state index in [0.29, 0.717) is 11.4 Å². The van der Waals surface area contributed by atoms with Gasteiger partial charge in [0.25, 0.3) is 0 Å². The number of ether oxygens (including phenoxy) is 1. The lowest BCUT2D eigenvalue weighted by atomic mass is 10.2. The largest absolute Gasteiger partial charge is 0.478 e. The number of benzene rings is 1. The Labute approximate surface area is 104 Å². The molecule has 0 fully saturated rings. The number of rotatable bonds is 4. The van der Waals surface area contributed by atoms with Gasteiger partial charge in [-0.15, -0.1) is 0 Å². The number of aliphatic carboxylic acids is 1. The smallest absolute Gasteiger partial charge is 0.351 e. The molecule has 0 saturated carbocycles. The molecule has 5 nitrogen and oxygen atoms in total. The van der Waals surface area contributed by atoms with Gasteiger partial charge in [0, 0.05) is 6.20 Å². The Balaban J connectivity index is 2.21. The highest BCUT2D eigenvalue weighted by atomic mass is 16.5. The van der Waals surface area contributed by atoms with Crippen molar-refractivity contribution in [3.63, 3.8) is 0 Å². The summed E-state index contributed by atoms with van der Waals surface area (Å²) in [6.07, 6.45) is 5.20. The van der Waals surface area contributed by atoms with E-state index in [1.807, 2.05) is 6.07 Å². The van der Waals surface area contributed by atoms with E-state index in [1.54, 1.807) is 42.6 Å². The molecule has 18 heavy (non-hydrogen) atoms. The van der Waals surface area contributed by atoms with Crippen molar-refractivity contribution in [3.8, 4) is 5.75 Å². The van der Waals surface area contributed by atoms with Gasteiger partial charge in [0.15, 0.2) is 0 Å². The van der Waals surface area contributed by atoms with Crippen molar-refractivity contribution in [2.24, 2.45) is 4.99 Å². The highest BCUT2D eigenvalue weighted by Gasteiger charge is 2.24. The third-order valence-electron chi connectivity index (χ3n) is 2.24. The maximum atomic E-state index is 11.2. The Hall–Kier alpha value is -2.56. The van der Waals surface area contributed by atoms with Crippen molar-refractivity contribution in [2.75, 3.05) is 0 Å². The summed E-state index contributed by atoms with van der Waals surface area (Å²) in [6.45, 7) is 0. The molecular formula is C13H12N2O3. The predicted molar refractivity (Wildman–Crippen MR) is 67.3 cm³/mol. The molecule has 0 bridgehead atoms. The topological polar surface area (TPSA) is 70.9 Å². The molecule has 1 aromatic carbocycles. The number of para-hydroxylation sites is 1. The van der Waals surface area contributed by atoms with Crippen LogP contribution in [-0.2, 0) is 4.79 Å². The number of hydrogen-bond donors (Lipinski definition) is 2. The molecule has 0 radical (unpaired) electrons. The van der Waals surface area contributed by atoms with Gasteiger partial charge in [0.1, 0.15) is 5.75 Å². The summed E-state index contributed by atoms with van der Waals surface area (Å²) in [4.78, 5) is 15.2. The van der Waals surface area contributed by atoms with Gasteiger partial charge in [0.05, 0.1) is 12.0 Å². The van der Waals surface area contributed by atoms with Crippen LogP contribution in [0.1, 0.15) is 0 Å². The lowest BCUT2D eigenvalue weighted by Crippen LogP contribution is -2.28. The Morgan fingerprint density at radius 3 is 2.83 bits per heavy atom. The molecule has 92 valence electrons. The second-order valence-electron chi connectivity index (χ2n) is 3.52. The molecule has 1 heterocycles. The summed E-state index contributed by atoms with van der Waals surface area (Å²) >= 11 is 0. The maximum Gasteiger partial charge on any atom is 0.351 e. The third-order valence-corrected chi connectivity index (χ3v) is 2.24. The molecule has 1 aliphatic heterocycles. The van der Waals surface area contributed by atoms with Gasteiger partial charge in [-0.05, 0) is 24.3 Å². The molecule has 5 heteroatoms. The quantitative estimate of drug-likeness (QED) is 0.843. The van der Waals surface area contributed by atoms with Gasteiger partial charge in [-0.1, -0.05) is 18.2 Å². The summed E-state index contributed by atoms with van der Waals surface area (Å²) in [5, 5.41) is 12.0. The molecule has 0 amide bonds.